The second kappa shape index (κ2) is 5.27. The summed E-state index contributed by atoms with van der Waals surface area (Å²) in [6.45, 7) is 5.38. The Kier molecular flexibility index (Phi) is 3.27. The number of nitrogens with zero attached hydrogens (tertiary/aromatic N) is 4. The average Bonchev–Trinajstić information content (AvgIpc) is 3.24. The number of aryl methyl sites for hydroxylation is 1. The predicted molar refractivity (Wildman–Crippen MR) is 80.7 cm³/mol. The van der Waals surface area contributed by atoms with Gasteiger partial charge in [-0.2, -0.15) is 5.10 Å². The van der Waals surface area contributed by atoms with Crippen LogP contribution in [0.1, 0.15) is 18.5 Å². The topological polar surface area (TPSA) is 54.7 Å². The molecule has 1 atom stereocenters. The van der Waals surface area contributed by atoms with Gasteiger partial charge in [-0.15, -0.1) is 0 Å². The van der Waals surface area contributed by atoms with Crippen molar-refractivity contribution in [1.82, 2.24) is 19.9 Å². The zero-order chi connectivity index (χ0) is 14.2. The van der Waals surface area contributed by atoms with Crippen LogP contribution >= 0.6 is 0 Å². The molecule has 0 aromatic carbocycles. The van der Waals surface area contributed by atoms with E-state index in [0.29, 0.717) is 6.04 Å². The van der Waals surface area contributed by atoms with Crippen molar-refractivity contribution in [3.05, 3.63) is 24.2 Å². The lowest BCUT2D eigenvalue weighted by Gasteiger charge is -2.36. The van der Waals surface area contributed by atoms with Gasteiger partial charge in [0.2, 0.25) is 0 Å². The van der Waals surface area contributed by atoms with Gasteiger partial charge >= 0.3 is 0 Å². The minimum Gasteiger partial charge on any atom is -0.377 e. The van der Waals surface area contributed by atoms with Gasteiger partial charge in [-0.3, -0.25) is 0 Å². The molecule has 1 aliphatic heterocycles. The number of hydrogen-bond donors (Lipinski definition) is 1. The predicted octanol–water partition coefficient (Wildman–Crippen LogP) is 0.995. The lowest BCUT2D eigenvalue weighted by molar-refractivity contribution is 0.0933. The number of morpholine rings is 1. The molecule has 0 radical (unpaired) electrons. The van der Waals surface area contributed by atoms with Crippen LogP contribution in [-0.4, -0.2) is 53.0 Å². The standard InChI is InChI=1S/C15H21N5O/c1-11-8-14-15(16-4-5-20(14)18-11)19-6-7-21-10-13(19)9-17-12-2-3-12/h4-5,8,12-13,17H,2-3,6-7,9-10H2,1H3. The maximum atomic E-state index is 5.67. The van der Waals surface area contributed by atoms with E-state index in [0.717, 1.165) is 49.4 Å². The Hall–Kier alpha value is -1.66. The van der Waals surface area contributed by atoms with Crippen molar-refractivity contribution in [3.8, 4) is 0 Å². The first-order valence-corrected chi connectivity index (χ1v) is 7.70. The molecule has 0 amide bonds. The van der Waals surface area contributed by atoms with Gasteiger partial charge in [0.1, 0.15) is 5.52 Å². The molecular weight excluding hydrogens is 266 g/mol. The van der Waals surface area contributed by atoms with E-state index >= 15 is 0 Å². The number of nitrogens with one attached hydrogen (secondary N) is 1. The van der Waals surface area contributed by atoms with E-state index in [9.17, 15) is 0 Å². The molecule has 4 rings (SSSR count). The molecule has 1 unspecified atom stereocenters. The molecule has 1 aliphatic carbocycles. The second-order valence-corrected chi connectivity index (χ2v) is 5.97. The van der Waals surface area contributed by atoms with Gasteiger partial charge < -0.3 is 15.0 Å². The molecule has 2 aromatic rings. The molecule has 6 nitrogen and oxygen atoms in total. The van der Waals surface area contributed by atoms with Gasteiger partial charge in [-0.1, -0.05) is 0 Å². The fourth-order valence-corrected chi connectivity index (χ4v) is 2.94. The number of hydrogen-bond acceptors (Lipinski definition) is 5. The van der Waals surface area contributed by atoms with Gasteiger partial charge in [0.05, 0.1) is 24.9 Å². The average molecular weight is 287 g/mol. The summed E-state index contributed by atoms with van der Waals surface area (Å²) in [5, 5.41) is 8.09. The number of anilines is 1. The SMILES string of the molecule is Cc1cc2c(N3CCOCC3CNC3CC3)nccn2n1. The number of rotatable bonds is 4. The largest absolute Gasteiger partial charge is 0.377 e. The second-order valence-electron chi connectivity index (χ2n) is 5.97. The minimum absolute atomic E-state index is 0.341. The van der Waals surface area contributed by atoms with E-state index < -0.39 is 0 Å². The fraction of sp³-hybridized carbons (Fsp3) is 0.600. The molecular formula is C15H21N5O. The van der Waals surface area contributed by atoms with Crippen LogP contribution in [-0.2, 0) is 4.74 Å². The van der Waals surface area contributed by atoms with Crippen LogP contribution in [0.4, 0.5) is 5.82 Å². The molecule has 2 aromatic heterocycles. The van der Waals surface area contributed by atoms with E-state index in [1.807, 2.05) is 23.8 Å². The summed E-state index contributed by atoms with van der Waals surface area (Å²) in [5.74, 6) is 1.02. The van der Waals surface area contributed by atoms with E-state index in [4.69, 9.17) is 4.74 Å². The molecule has 1 saturated carbocycles. The molecule has 0 bridgehead atoms. The summed E-state index contributed by atoms with van der Waals surface area (Å²) in [5.41, 5.74) is 2.10. The van der Waals surface area contributed by atoms with Gasteiger partial charge in [0, 0.05) is 31.5 Å². The first-order chi connectivity index (χ1) is 10.3. The molecule has 1 saturated heterocycles. The molecule has 2 fully saturated rings. The van der Waals surface area contributed by atoms with Crippen molar-refractivity contribution in [2.45, 2.75) is 31.8 Å². The summed E-state index contributed by atoms with van der Waals surface area (Å²) in [4.78, 5) is 6.99. The van der Waals surface area contributed by atoms with E-state index in [1.54, 1.807) is 0 Å². The maximum Gasteiger partial charge on any atom is 0.155 e. The highest BCUT2D eigenvalue weighted by Crippen LogP contribution is 2.24. The lowest BCUT2D eigenvalue weighted by Crippen LogP contribution is -2.51. The van der Waals surface area contributed by atoms with Crippen molar-refractivity contribution >= 4 is 11.3 Å². The van der Waals surface area contributed by atoms with Crippen molar-refractivity contribution in [2.24, 2.45) is 0 Å². The zero-order valence-corrected chi connectivity index (χ0v) is 12.3. The third-order valence-electron chi connectivity index (χ3n) is 4.21. The molecule has 0 spiro atoms. The van der Waals surface area contributed by atoms with Gasteiger partial charge in [-0.25, -0.2) is 9.50 Å². The highest BCUT2D eigenvalue weighted by atomic mass is 16.5. The molecule has 1 N–H and O–H groups in total. The zero-order valence-electron chi connectivity index (χ0n) is 12.3. The summed E-state index contributed by atoms with van der Waals surface area (Å²) in [7, 11) is 0. The first kappa shape index (κ1) is 13.0. The monoisotopic (exact) mass is 287 g/mol. The Morgan fingerprint density at radius 1 is 1.43 bits per heavy atom. The molecule has 21 heavy (non-hydrogen) atoms. The molecule has 112 valence electrons. The van der Waals surface area contributed by atoms with Crippen molar-refractivity contribution < 1.29 is 4.74 Å². The van der Waals surface area contributed by atoms with Gasteiger partial charge in [0.15, 0.2) is 5.82 Å². The summed E-state index contributed by atoms with van der Waals surface area (Å²) in [6.07, 6.45) is 6.35. The molecule has 3 heterocycles. The van der Waals surface area contributed by atoms with E-state index in [2.05, 4.69) is 26.4 Å². The van der Waals surface area contributed by atoms with Crippen LogP contribution in [0, 0.1) is 6.92 Å². The van der Waals surface area contributed by atoms with E-state index in [-0.39, 0.29) is 0 Å². The number of fused-ring (bicyclic) bond motifs is 1. The van der Waals surface area contributed by atoms with Gasteiger partial charge in [-0.05, 0) is 25.8 Å². The highest BCUT2D eigenvalue weighted by molar-refractivity contribution is 5.69. The van der Waals surface area contributed by atoms with Gasteiger partial charge in [0.25, 0.3) is 0 Å². The van der Waals surface area contributed by atoms with Crippen molar-refractivity contribution in [1.29, 1.82) is 0 Å². The Labute approximate surface area is 124 Å². The number of aromatic nitrogens is 3. The van der Waals surface area contributed by atoms with E-state index in [1.165, 1.54) is 12.8 Å². The van der Waals surface area contributed by atoms with Crippen LogP contribution in [0.15, 0.2) is 18.5 Å². The maximum absolute atomic E-state index is 5.67. The fourth-order valence-electron chi connectivity index (χ4n) is 2.94. The van der Waals surface area contributed by atoms with Crippen LogP contribution in [0.2, 0.25) is 0 Å². The quantitative estimate of drug-likeness (QED) is 0.909. The Morgan fingerprint density at radius 2 is 2.33 bits per heavy atom. The summed E-state index contributed by atoms with van der Waals surface area (Å²) < 4.78 is 7.59. The lowest BCUT2D eigenvalue weighted by atomic mass is 10.2. The third kappa shape index (κ3) is 2.61. The van der Waals surface area contributed by atoms with Crippen LogP contribution in [0.5, 0.6) is 0 Å². The molecule has 2 aliphatic rings. The van der Waals surface area contributed by atoms with Crippen LogP contribution in [0.3, 0.4) is 0 Å². The summed E-state index contributed by atoms with van der Waals surface area (Å²) >= 11 is 0. The number of ether oxygens (including phenoxy) is 1. The highest BCUT2D eigenvalue weighted by Gasteiger charge is 2.28. The van der Waals surface area contributed by atoms with Crippen molar-refractivity contribution in [2.75, 3.05) is 31.2 Å². The van der Waals surface area contributed by atoms with Crippen molar-refractivity contribution in [3.63, 3.8) is 0 Å². The third-order valence-corrected chi connectivity index (χ3v) is 4.21. The van der Waals surface area contributed by atoms with Crippen LogP contribution < -0.4 is 10.2 Å². The Balaban J connectivity index is 1.63. The molecule has 6 heteroatoms. The summed E-state index contributed by atoms with van der Waals surface area (Å²) in [6, 6.07) is 3.16. The Morgan fingerprint density at radius 3 is 3.19 bits per heavy atom. The normalized spacial score (nSPS) is 22.9. The Bertz CT molecular complexity index is 636. The minimum atomic E-state index is 0.341. The van der Waals surface area contributed by atoms with Crippen LogP contribution in [0.25, 0.3) is 5.52 Å². The smallest absolute Gasteiger partial charge is 0.155 e. The first-order valence-electron chi connectivity index (χ1n) is 7.70.